The minimum Gasteiger partial charge on any atom is -0.455 e. The van der Waals surface area contributed by atoms with E-state index in [4.69, 9.17) is 14.2 Å². The van der Waals surface area contributed by atoms with Gasteiger partial charge in [-0.25, -0.2) is 4.79 Å². The Hall–Kier alpha value is -1.14. The van der Waals surface area contributed by atoms with Gasteiger partial charge < -0.3 is 19.3 Å². The van der Waals surface area contributed by atoms with Crippen molar-refractivity contribution in [2.75, 3.05) is 6.61 Å². The van der Waals surface area contributed by atoms with Crippen LogP contribution in [0.5, 0.6) is 0 Å². The van der Waals surface area contributed by atoms with E-state index in [0.29, 0.717) is 0 Å². The molecule has 0 aliphatic carbocycles. The van der Waals surface area contributed by atoms with Crippen LogP contribution >= 0.6 is 0 Å². The molecular formula is C8H10O6. The molecule has 2 heterocycles. The zero-order valence-corrected chi connectivity index (χ0v) is 7.50. The van der Waals surface area contributed by atoms with E-state index in [0.717, 1.165) is 0 Å². The molecular weight excluding hydrogens is 192 g/mol. The van der Waals surface area contributed by atoms with E-state index >= 15 is 0 Å². The van der Waals surface area contributed by atoms with Crippen LogP contribution in [0.25, 0.3) is 0 Å². The third-order valence-corrected chi connectivity index (χ3v) is 2.23. The summed E-state index contributed by atoms with van der Waals surface area (Å²) < 4.78 is 14.7. The zero-order chi connectivity index (χ0) is 10.3. The van der Waals surface area contributed by atoms with Gasteiger partial charge in [-0.05, 0) is 0 Å². The Morgan fingerprint density at radius 2 is 2.36 bits per heavy atom. The summed E-state index contributed by atoms with van der Waals surface area (Å²) in [6, 6.07) is 0. The lowest BCUT2D eigenvalue weighted by Gasteiger charge is -2.28. The second-order valence-corrected chi connectivity index (χ2v) is 3.30. The number of hydrogen-bond donors (Lipinski definition) is 1. The SMILES string of the molecule is CC(=O)OC1C2OCC(O)C1OC2=O. The molecule has 2 aliphatic heterocycles. The van der Waals surface area contributed by atoms with E-state index in [9.17, 15) is 14.7 Å². The van der Waals surface area contributed by atoms with Gasteiger partial charge in [-0.1, -0.05) is 0 Å². The molecule has 0 aromatic heterocycles. The van der Waals surface area contributed by atoms with Crippen molar-refractivity contribution in [2.24, 2.45) is 0 Å². The topological polar surface area (TPSA) is 82.1 Å². The van der Waals surface area contributed by atoms with Gasteiger partial charge in [0.25, 0.3) is 0 Å². The van der Waals surface area contributed by atoms with Crippen molar-refractivity contribution in [2.45, 2.75) is 31.3 Å². The molecule has 6 nitrogen and oxygen atoms in total. The van der Waals surface area contributed by atoms with Gasteiger partial charge in [0, 0.05) is 6.92 Å². The van der Waals surface area contributed by atoms with Crippen molar-refractivity contribution in [3.8, 4) is 0 Å². The molecule has 0 saturated carbocycles. The molecule has 4 atom stereocenters. The second kappa shape index (κ2) is 3.21. The average Bonchev–Trinajstić information content (AvgIpc) is 2.29. The van der Waals surface area contributed by atoms with Gasteiger partial charge in [-0.3, -0.25) is 4.79 Å². The Kier molecular flexibility index (Phi) is 2.16. The summed E-state index contributed by atoms with van der Waals surface area (Å²) in [5, 5.41) is 9.40. The maximum Gasteiger partial charge on any atom is 0.339 e. The normalized spacial score (nSPS) is 40.6. The van der Waals surface area contributed by atoms with Gasteiger partial charge in [0.1, 0.15) is 6.10 Å². The zero-order valence-electron chi connectivity index (χ0n) is 7.50. The third-order valence-electron chi connectivity index (χ3n) is 2.23. The second-order valence-electron chi connectivity index (χ2n) is 3.30. The first-order chi connectivity index (χ1) is 6.59. The van der Waals surface area contributed by atoms with E-state index in [1.807, 2.05) is 0 Å². The lowest BCUT2D eigenvalue weighted by Crippen LogP contribution is -2.49. The van der Waals surface area contributed by atoms with Crippen LogP contribution in [0, 0.1) is 0 Å². The number of fused-ring (bicyclic) bond motifs is 2. The molecule has 2 rings (SSSR count). The van der Waals surface area contributed by atoms with E-state index in [1.54, 1.807) is 0 Å². The molecule has 0 aromatic rings. The number of carbonyl (C=O) groups excluding carboxylic acids is 2. The van der Waals surface area contributed by atoms with E-state index in [2.05, 4.69) is 0 Å². The van der Waals surface area contributed by atoms with Crippen molar-refractivity contribution in [1.82, 2.24) is 0 Å². The largest absolute Gasteiger partial charge is 0.455 e. The van der Waals surface area contributed by atoms with Gasteiger partial charge in [-0.15, -0.1) is 0 Å². The first kappa shape index (κ1) is 9.42. The van der Waals surface area contributed by atoms with Crippen LogP contribution in [0.3, 0.4) is 0 Å². The van der Waals surface area contributed by atoms with Crippen LogP contribution in [-0.2, 0) is 23.8 Å². The van der Waals surface area contributed by atoms with Gasteiger partial charge in [0.2, 0.25) is 0 Å². The maximum atomic E-state index is 11.1. The molecule has 2 saturated heterocycles. The van der Waals surface area contributed by atoms with Crippen molar-refractivity contribution >= 4 is 11.9 Å². The quantitative estimate of drug-likeness (QED) is 0.527. The van der Waals surface area contributed by atoms with Crippen LogP contribution in [0.2, 0.25) is 0 Å². The summed E-state index contributed by atoms with van der Waals surface area (Å²) in [5.41, 5.74) is 0. The standard InChI is InChI=1S/C8H10O6/c1-3(9)13-6-5-4(10)2-12-7(6)8(11)14-5/h4-7,10H,2H2,1H3. The number of aliphatic hydroxyl groups is 1. The van der Waals surface area contributed by atoms with Crippen molar-refractivity contribution in [3.05, 3.63) is 0 Å². The lowest BCUT2D eigenvalue weighted by molar-refractivity contribution is -0.173. The van der Waals surface area contributed by atoms with Gasteiger partial charge in [-0.2, -0.15) is 0 Å². The minimum atomic E-state index is -0.929. The number of aliphatic hydroxyl groups excluding tert-OH is 1. The molecule has 2 aliphatic rings. The molecule has 2 bridgehead atoms. The highest BCUT2D eigenvalue weighted by atomic mass is 16.7. The van der Waals surface area contributed by atoms with Gasteiger partial charge >= 0.3 is 11.9 Å². The van der Waals surface area contributed by atoms with E-state index in [1.165, 1.54) is 6.92 Å². The summed E-state index contributed by atoms with van der Waals surface area (Å²) in [4.78, 5) is 21.9. The highest BCUT2D eigenvalue weighted by Crippen LogP contribution is 2.29. The third kappa shape index (κ3) is 1.36. The Labute approximate surface area is 79.7 Å². The molecule has 2 fully saturated rings. The molecule has 0 radical (unpaired) electrons. The summed E-state index contributed by atoms with van der Waals surface area (Å²) in [5.74, 6) is -1.11. The van der Waals surface area contributed by atoms with Crippen molar-refractivity contribution in [3.63, 3.8) is 0 Å². The summed E-state index contributed by atoms with van der Waals surface area (Å²) in [6.07, 6.45) is -3.41. The highest BCUT2D eigenvalue weighted by molar-refractivity contribution is 5.79. The fourth-order valence-electron chi connectivity index (χ4n) is 1.65. The fraction of sp³-hybridized carbons (Fsp3) is 0.750. The molecule has 0 amide bonds. The molecule has 0 spiro atoms. The Morgan fingerprint density at radius 3 is 3.00 bits per heavy atom. The first-order valence-corrected chi connectivity index (χ1v) is 4.27. The Bertz CT molecular complexity index is 275. The number of hydrogen-bond acceptors (Lipinski definition) is 6. The smallest absolute Gasteiger partial charge is 0.339 e. The van der Waals surface area contributed by atoms with E-state index < -0.39 is 36.4 Å². The summed E-state index contributed by atoms with van der Waals surface area (Å²) >= 11 is 0. The Morgan fingerprint density at radius 1 is 1.64 bits per heavy atom. The van der Waals surface area contributed by atoms with Crippen molar-refractivity contribution in [1.29, 1.82) is 0 Å². The molecule has 1 N–H and O–H groups in total. The maximum absolute atomic E-state index is 11.1. The van der Waals surface area contributed by atoms with Crippen LogP contribution in [0.4, 0.5) is 0 Å². The molecule has 4 unspecified atom stereocenters. The molecule has 0 aromatic carbocycles. The average molecular weight is 202 g/mol. The predicted octanol–water partition coefficient (Wildman–Crippen LogP) is -1.40. The predicted molar refractivity (Wildman–Crippen MR) is 41.2 cm³/mol. The summed E-state index contributed by atoms with van der Waals surface area (Å²) in [7, 11) is 0. The number of rotatable bonds is 1. The molecule has 78 valence electrons. The first-order valence-electron chi connectivity index (χ1n) is 4.27. The Balaban J connectivity index is 2.16. The molecule has 14 heavy (non-hydrogen) atoms. The fourth-order valence-corrected chi connectivity index (χ4v) is 1.65. The lowest BCUT2D eigenvalue weighted by atomic mass is 10.0. The van der Waals surface area contributed by atoms with Gasteiger partial charge in [0.05, 0.1) is 6.61 Å². The number of esters is 2. The van der Waals surface area contributed by atoms with Crippen molar-refractivity contribution < 1.29 is 28.9 Å². The van der Waals surface area contributed by atoms with Crippen LogP contribution in [0.1, 0.15) is 6.92 Å². The monoisotopic (exact) mass is 202 g/mol. The highest BCUT2D eigenvalue weighted by Gasteiger charge is 2.54. The number of ether oxygens (including phenoxy) is 3. The minimum absolute atomic E-state index is 0.0266. The number of carbonyl (C=O) groups is 2. The van der Waals surface area contributed by atoms with E-state index in [-0.39, 0.29) is 6.61 Å². The summed E-state index contributed by atoms with van der Waals surface area (Å²) in [6.45, 7) is 1.25. The molecule has 6 heteroatoms. The van der Waals surface area contributed by atoms with Gasteiger partial charge in [0.15, 0.2) is 18.3 Å². The van der Waals surface area contributed by atoms with Crippen LogP contribution < -0.4 is 0 Å². The van der Waals surface area contributed by atoms with Crippen LogP contribution in [0.15, 0.2) is 0 Å². The van der Waals surface area contributed by atoms with Crippen LogP contribution in [-0.4, -0.2) is 48.1 Å².